The number of hydrogen-bond acceptors (Lipinski definition) is 2. The molecular formula is C18H28N2O. The molecule has 0 aromatic carbocycles. The summed E-state index contributed by atoms with van der Waals surface area (Å²) in [6, 6.07) is 2.86. The lowest BCUT2D eigenvalue weighted by Gasteiger charge is -2.22. The summed E-state index contributed by atoms with van der Waals surface area (Å²) in [5, 5.41) is 3.50. The summed E-state index contributed by atoms with van der Waals surface area (Å²) in [6.07, 6.45) is 10.8. The highest BCUT2D eigenvalue weighted by atomic mass is 16.1. The molecule has 1 N–H and O–H groups in total. The molecule has 0 amide bonds. The number of aryl methyl sites for hydroxylation is 1. The van der Waals surface area contributed by atoms with Gasteiger partial charge in [-0.2, -0.15) is 0 Å². The van der Waals surface area contributed by atoms with Gasteiger partial charge in [-0.3, -0.25) is 4.79 Å². The molecule has 3 nitrogen and oxygen atoms in total. The van der Waals surface area contributed by atoms with E-state index in [1.165, 1.54) is 49.8 Å². The Morgan fingerprint density at radius 3 is 2.81 bits per heavy atom. The zero-order valence-corrected chi connectivity index (χ0v) is 13.3. The van der Waals surface area contributed by atoms with Gasteiger partial charge in [-0.25, -0.2) is 0 Å². The number of pyridine rings is 1. The van der Waals surface area contributed by atoms with Gasteiger partial charge in [0.1, 0.15) is 0 Å². The summed E-state index contributed by atoms with van der Waals surface area (Å²) < 4.78 is 2.11. The van der Waals surface area contributed by atoms with Crippen LogP contribution in [0.2, 0.25) is 0 Å². The molecule has 0 radical (unpaired) electrons. The highest BCUT2D eigenvalue weighted by molar-refractivity contribution is 5.29. The van der Waals surface area contributed by atoms with Crippen molar-refractivity contribution in [1.29, 1.82) is 0 Å². The van der Waals surface area contributed by atoms with Gasteiger partial charge in [0.2, 0.25) is 0 Å². The topological polar surface area (TPSA) is 34.0 Å². The van der Waals surface area contributed by atoms with E-state index in [2.05, 4.69) is 22.9 Å². The Morgan fingerprint density at radius 1 is 1.24 bits per heavy atom. The van der Waals surface area contributed by atoms with Gasteiger partial charge in [-0.1, -0.05) is 19.8 Å². The van der Waals surface area contributed by atoms with Crippen molar-refractivity contribution >= 4 is 0 Å². The number of fused-ring (bicyclic) bond motifs is 1. The van der Waals surface area contributed by atoms with Crippen LogP contribution >= 0.6 is 0 Å². The van der Waals surface area contributed by atoms with Crippen molar-refractivity contribution in [1.82, 2.24) is 9.88 Å². The Hall–Kier alpha value is -1.09. The predicted molar refractivity (Wildman–Crippen MR) is 86.7 cm³/mol. The minimum absolute atomic E-state index is 0.264. The molecule has 0 atom stereocenters. The van der Waals surface area contributed by atoms with E-state index in [-0.39, 0.29) is 5.56 Å². The fraction of sp³-hybridized carbons (Fsp3) is 0.722. The monoisotopic (exact) mass is 288 g/mol. The van der Waals surface area contributed by atoms with E-state index in [1.807, 2.05) is 0 Å². The Bertz CT molecular complexity index is 543. The molecule has 3 rings (SSSR count). The minimum Gasteiger partial charge on any atom is -0.312 e. The van der Waals surface area contributed by atoms with Crippen LogP contribution in [0.4, 0.5) is 0 Å². The number of rotatable bonds is 7. The first-order valence-corrected chi connectivity index (χ1v) is 8.77. The van der Waals surface area contributed by atoms with E-state index in [9.17, 15) is 4.79 Å². The van der Waals surface area contributed by atoms with Gasteiger partial charge in [0.05, 0.1) is 0 Å². The maximum atomic E-state index is 12.8. The van der Waals surface area contributed by atoms with Crippen LogP contribution in [0.25, 0.3) is 0 Å². The van der Waals surface area contributed by atoms with Crippen LogP contribution in [0.5, 0.6) is 0 Å². The Labute approximate surface area is 127 Å². The van der Waals surface area contributed by atoms with Gasteiger partial charge in [0, 0.05) is 30.4 Å². The second-order valence-corrected chi connectivity index (χ2v) is 6.67. The van der Waals surface area contributed by atoms with Crippen LogP contribution in [-0.2, 0) is 25.9 Å². The molecule has 0 spiro atoms. The maximum absolute atomic E-state index is 12.8. The summed E-state index contributed by atoms with van der Waals surface area (Å²) in [7, 11) is 0. The van der Waals surface area contributed by atoms with Crippen LogP contribution in [-0.4, -0.2) is 10.6 Å². The van der Waals surface area contributed by atoms with Crippen LogP contribution in [0.15, 0.2) is 10.9 Å². The fourth-order valence-electron chi connectivity index (χ4n) is 3.37. The molecule has 1 heterocycles. The standard InChI is InChI=1S/C18H28N2O/c1-2-3-6-11-20-17-8-5-4-7-14(17)12-15(18(20)21)13-19-16-9-10-16/h12,16,19H,2-11,13H2,1H3. The third kappa shape index (κ3) is 3.57. The largest absolute Gasteiger partial charge is 0.312 e. The van der Waals surface area contributed by atoms with Crippen molar-refractivity contribution in [2.24, 2.45) is 0 Å². The average molecular weight is 288 g/mol. The molecule has 1 aromatic heterocycles. The summed E-state index contributed by atoms with van der Waals surface area (Å²) in [6.45, 7) is 3.88. The lowest BCUT2D eigenvalue weighted by molar-refractivity contribution is 0.529. The fourth-order valence-corrected chi connectivity index (χ4v) is 3.37. The van der Waals surface area contributed by atoms with Crippen molar-refractivity contribution in [3.63, 3.8) is 0 Å². The molecule has 0 unspecified atom stereocenters. The lowest BCUT2D eigenvalue weighted by atomic mass is 9.94. The van der Waals surface area contributed by atoms with Crippen LogP contribution in [0.3, 0.4) is 0 Å². The second-order valence-electron chi connectivity index (χ2n) is 6.67. The molecular weight excluding hydrogens is 260 g/mol. The minimum atomic E-state index is 0.264. The van der Waals surface area contributed by atoms with E-state index in [0.29, 0.717) is 6.04 Å². The average Bonchev–Trinajstić information content (AvgIpc) is 3.32. The zero-order valence-electron chi connectivity index (χ0n) is 13.3. The van der Waals surface area contributed by atoms with Crippen LogP contribution < -0.4 is 10.9 Å². The summed E-state index contributed by atoms with van der Waals surface area (Å²) in [5.41, 5.74) is 4.02. The van der Waals surface area contributed by atoms with Gasteiger partial charge in [-0.05, 0) is 56.6 Å². The number of aromatic nitrogens is 1. The van der Waals surface area contributed by atoms with Crippen LogP contribution in [0.1, 0.15) is 68.7 Å². The van der Waals surface area contributed by atoms with E-state index in [0.717, 1.165) is 37.9 Å². The molecule has 2 aliphatic carbocycles. The summed E-state index contributed by atoms with van der Waals surface area (Å²) in [4.78, 5) is 12.8. The second kappa shape index (κ2) is 6.78. The zero-order chi connectivity index (χ0) is 14.7. The summed E-state index contributed by atoms with van der Waals surface area (Å²) in [5.74, 6) is 0. The number of hydrogen-bond donors (Lipinski definition) is 1. The predicted octanol–water partition coefficient (Wildman–Crippen LogP) is 3.17. The van der Waals surface area contributed by atoms with Gasteiger partial charge < -0.3 is 9.88 Å². The van der Waals surface area contributed by atoms with Crippen molar-refractivity contribution in [2.75, 3.05) is 0 Å². The first-order valence-electron chi connectivity index (χ1n) is 8.77. The van der Waals surface area contributed by atoms with Gasteiger partial charge in [0.25, 0.3) is 5.56 Å². The van der Waals surface area contributed by atoms with E-state index >= 15 is 0 Å². The number of unbranched alkanes of at least 4 members (excludes halogenated alkanes) is 2. The number of nitrogens with zero attached hydrogens (tertiary/aromatic N) is 1. The molecule has 116 valence electrons. The maximum Gasteiger partial charge on any atom is 0.255 e. The Balaban J connectivity index is 1.85. The summed E-state index contributed by atoms with van der Waals surface area (Å²) >= 11 is 0. The molecule has 0 saturated heterocycles. The molecule has 1 aromatic rings. The number of nitrogens with one attached hydrogen (secondary N) is 1. The third-order valence-corrected chi connectivity index (χ3v) is 4.82. The molecule has 1 saturated carbocycles. The normalized spacial score (nSPS) is 17.8. The molecule has 1 fully saturated rings. The Morgan fingerprint density at radius 2 is 2.05 bits per heavy atom. The van der Waals surface area contributed by atoms with E-state index in [1.54, 1.807) is 0 Å². The lowest BCUT2D eigenvalue weighted by Crippen LogP contribution is -2.32. The van der Waals surface area contributed by atoms with E-state index < -0.39 is 0 Å². The van der Waals surface area contributed by atoms with Crippen molar-refractivity contribution in [3.8, 4) is 0 Å². The van der Waals surface area contributed by atoms with Crippen molar-refractivity contribution in [2.45, 2.75) is 83.8 Å². The quantitative estimate of drug-likeness (QED) is 0.782. The molecule has 0 bridgehead atoms. The highest BCUT2D eigenvalue weighted by Crippen LogP contribution is 2.22. The SMILES string of the molecule is CCCCCn1c2c(cc(CNC3CC3)c1=O)CCCC2. The van der Waals surface area contributed by atoms with Crippen molar-refractivity contribution in [3.05, 3.63) is 33.2 Å². The highest BCUT2D eigenvalue weighted by Gasteiger charge is 2.22. The molecule has 2 aliphatic rings. The van der Waals surface area contributed by atoms with Crippen molar-refractivity contribution < 1.29 is 0 Å². The van der Waals surface area contributed by atoms with Gasteiger partial charge in [0.15, 0.2) is 0 Å². The molecule has 21 heavy (non-hydrogen) atoms. The smallest absolute Gasteiger partial charge is 0.255 e. The first kappa shape index (κ1) is 14.8. The van der Waals surface area contributed by atoms with E-state index in [4.69, 9.17) is 0 Å². The van der Waals surface area contributed by atoms with Gasteiger partial charge in [-0.15, -0.1) is 0 Å². The first-order chi connectivity index (χ1) is 10.3. The molecule has 3 heteroatoms. The third-order valence-electron chi connectivity index (χ3n) is 4.82. The Kier molecular flexibility index (Phi) is 4.79. The molecule has 0 aliphatic heterocycles. The van der Waals surface area contributed by atoms with Gasteiger partial charge >= 0.3 is 0 Å². The van der Waals surface area contributed by atoms with Crippen LogP contribution in [0, 0.1) is 0 Å².